The average molecular weight is 408 g/mol. The molecule has 8 heteroatoms. The van der Waals surface area contributed by atoms with E-state index in [-0.39, 0.29) is 36.4 Å². The Kier molecular flexibility index (Phi) is 6.69. The van der Waals surface area contributed by atoms with Crippen molar-refractivity contribution in [2.75, 3.05) is 0 Å². The Morgan fingerprint density at radius 2 is 1.87 bits per heavy atom. The number of hydrogen-bond acceptors (Lipinski definition) is 4. The molecule has 0 aliphatic carbocycles. The maximum Gasteiger partial charge on any atom is 0.253 e. The zero-order valence-electron chi connectivity index (χ0n) is 16.3. The largest absolute Gasteiger partial charge is 0.348 e. The Morgan fingerprint density at radius 3 is 2.57 bits per heavy atom. The molecule has 0 saturated heterocycles. The number of halogens is 1. The van der Waals surface area contributed by atoms with Gasteiger partial charge < -0.3 is 15.2 Å². The van der Waals surface area contributed by atoms with E-state index >= 15 is 0 Å². The van der Waals surface area contributed by atoms with Crippen molar-refractivity contribution in [3.63, 3.8) is 0 Å². The average Bonchev–Trinajstić information content (AvgIpc) is 2.75. The fourth-order valence-electron chi connectivity index (χ4n) is 2.82. The molecule has 0 aliphatic rings. The molecule has 2 aromatic heterocycles. The van der Waals surface area contributed by atoms with Gasteiger partial charge in [0.2, 0.25) is 5.91 Å². The van der Waals surface area contributed by atoms with Crippen molar-refractivity contribution in [1.82, 2.24) is 20.2 Å². The zero-order chi connectivity index (χ0) is 21.5. The maximum absolute atomic E-state index is 13.0. The minimum Gasteiger partial charge on any atom is -0.348 e. The van der Waals surface area contributed by atoms with Crippen molar-refractivity contribution in [2.45, 2.75) is 26.1 Å². The van der Waals surface area contributed by atoms with Gasteiger partial charge >= 0.3 is 0 Å². The van der Waals surface area contributed by atoms with E-state index in [2.05, 4.69) is 15.6 Å². The molecule has 3 rings (SSSR count). The molecule has 0 radical (unpaired) electrons. The summed E-state index contributed by atoms with van der Waals surface area (Å²) in [5.74, 6) is -1.14. The van der Waals surface area contributed by atoms with Crippen molar-refractivity contribution in [3.8, 4) is 0 Å². The summed E-state index contributed by atoms with van der Waals surface area (Å²) in [6.07, 6.45) is 2.98. The monoisotopic (exact) mass is 408 g/mol. The molecule has 7 nitrogen and oxygen atoms in total. The highest BCUT2D eigenvalue weighted by Crippen LogP contribution is 2.08. The van der Waals surface area contributed by atoms with Gasteiger partial charge in [-0.2, -0.15) is 0 Å². The van der Waals surface area contributed by atoms with E-state index in [9.17, 15) is 18.8 Å². The molecule has 0 aliphatic heterocycles. The normalized spacial score (nSPS) is 11.5. The summed E-state index contributed by atoms with van der Waals surface area (Å²) in [4.78, 5) is 41.0. The van der Waals surface area contributed by atoms with Crippen LogP contribution in [0.2, 0.25) is 0 Å². The third-order valence-electron chi connectivity index (χ3n) is 4.43. The van der Waals surface area contributed by atoms with Crippen molar-refractivity contribution in [2.24, 2.45) is 0 Å². The number of carbonyl (C=O) groups is 2. The van der Waals surface area contributed by atoms with Crippen LogP contribution in [0.3, 0.4) is 0 Å². The Bertz CT molecular complexity index is 1080. The Balaban J connectivity index is 1.62. The first-order chi connectivity index (χ1) is 14.4. The number of hydrogen-bond donors (Lipinski definition) is 2. The van der Waals surface area contributed by atoms with Crippen LogP contribution in [0.5, 0.6) is 0 Å². The summed E-state index contributed by atoms with van der Waals surface area (Å²) in [5, 5.41) is 5.48. The van der Waals surface area contributed by atoms with E-state index < -0.39 is 11.5 Å². The first-order valence-corrected chi connectivity index (χ1v) is 9.36. The molecule has 1 aromatic carbocycles. The van der Waals surface area contributed by atoms with E-state index in [1.54, 1.807) is 37.4 Å². The standard InChI is InChI=1S/C22H21FN4O3/c1-15(19-4-2-3-11-24-19)26-20(28)14-27-13-17(7-10-21(27)29)22(30)25-12-16-5-8-18(23)9-6-16/h2-11,13,15H,12,14H2,1H3,(H,25,30)(H,26,28)/t15-/m1/s1. The number of aromatic nitrogens is 2. The lowest BCUT2D eigenvalue weighted by atomic mass is 10.2. The molecule has 0 fully saturated rings. The molecule has 2 heterocycles. The Hall–Kier alpha value is -3.81. The van der Waals surface area contributed by atoms with E-state index in [1.807, 2.05) is 6.07 Å². The second-order valence-electron chi connectivity index (χ2n) is 6.74. The Morgan fingerprint density at radius 1 is 1.10 bits per heavy atom. The maximum atomic E-state index is 13.0. The first kappa shape index (κ1) is 20.9. The van der Waals surface area contributed by atoms with Crippen LogP contribution in [0.25, 0.3) is 0 Å². The highest BCUT2D eigenvalue weighted by atomic mass is 19.1. The number of benzene rings is 1. The highest BCUT2D eigenvalue weighted by Gasteiger charge is 2.13. The lowest BCUT2D eigenvalue weighted by Crippen LogP contribution is -2.34. The summed E-state index contributed by atoms with van der Waals surface area (Å²) in [7, 11) is 0. The van der Waals surface area contributed by atoms with Crippen LogP contribution in [0.4, 0.5) is 4.39 Å². The summed E-state index contributed by atoms with van der Waals surface area (Å²) < 4.78 is 14.1. The molecule has 2 N–H and O–H groups in total. The van der Waals surface area contributed by atoms with Gasteiger partial charge in [-0.3, -0.25) is 19.4 Å². The number of carbonyl (C=O) groups excluding carboxylic acids is 2. The molecule has 0 unspecified atom stereocenters. The quantitative estimate of drug-likeness (QED) is 0.627. The van der Waals surface area contributed by atoms with Crippen molar-refractivity contribution < 1.29 is 14.0 Å². The lowest BCUT2D eigenvalue weighted by molar-refractivity contribution is -0.122. The minimum absolute atomic E-state index is 0.209. The first-order valence-electron chi connectivity index (χ1n) is 9.36. The number of rotatable bonds is 7. The summed E-state index contributed by atoms with van der Waals surface area (Å²) in [5.41, 5.74) is 1.28. The molecule has 0 spiro atoms. The number of nitrogens with zero attached hydrogens (tertiary/aromatic N) is 2. The third kappa shape index (κ3) is 5.60. The summed E-state index contributed by atoms with van der Waals surface area (Å²) >= 11 is 0. The molecule has 154 valence electrons. The minimum atomic E-state index is -0.407. The fourth-order valence-corrected chi connectivity index (χ4v) is 2.82. The van der Waals surface area contributed by atoms with Crippen LogP contribution in [0, 0.1) is 5.82 Å². The SMILES string of the molecule is C[C@@H](NC(=O)Cn1cc(C(=O)NCc2ccc(F)cc2)ccc1=O)c1ccccn1. The van der Waals surface area contributed by atoms with Gasteiger partial charge in [0.25, 0.3) is 11.5 Å². The second kappa shape index (κ2) is 9.60. The molecular weight excluding hydrogens is 387 g/mol. The third-order valence-corrected chi connectivity index (χ3v) is 4.43. The smallest absolute Gasteiger partial charge is 0.253 e. The number of nitrogens with one attached hydrogen (secondary N) is 2. The van der Waals surface area contributed by atoms with Crippen LogP contribution < -0.4 is 16.2 Å². The Labute approximate surface area is 172 Å². The molecule has 30 heavy (non-hydrogen) atoms. The van der Waals surface area contributed by atoms with Gasteiger partial charge in [-0.15, -0.1) is 0 Å². The van der Waals surface area contributed by atoms with E-state index in [0.717, 1.165) is 5.56 Å². The van der Waals surface area contributed by atoms with Crippen LogP contribution in [0.1, 0.15) is 34.6 Å². The van der Waals surface area contributed by atoms with Gasteiger partial charge in [0.15, 0.2) is 0 Å². The van der Waals surface area contributed by atoms with Crippen molar-refractivity contribution in [3.05, 3.63) is 100.0 Å². The van der Waals surface area contributed by atoms with Gasteiger partial charge in [-0.25, -0.2) is 4.39 Å². The van der Waals surface area contributed by atoms with Crippen molar-refractivity contribution in [1.29, 1.82) is 0 Å². The van der Waals surface area contributed by atoms with Gasteiger partial charge in [-0.1, -0.05) is 18.2 Å². The van der Waals surface area contributed by atoms with Crippen LogP contribution >= 0.6 is 0 Å². The number of amides is 2. The molecule has 2 amide bonds. The predicted octanol–water partition coefficient (Wildman–Crippen LogP) is 2.19. The molecule has 3 aromatic rings. The van der Waals surface area contributed by atoms with Gasteiger partial charge in [0.1, 0.15) is 12.4 Å². The number of pyridine rings is 2. The summed E-state index contributed by atoms with van der Waals surface area (Å²) in [6, 6.07) is 13.5. The van der Waals surface area contributed by atoms with Crippen LogP contribution in [-0.2, 0) is 17.9 Å². The molecule has 0 bridgehead atoms. The lowest BCUT2D eigenvalue weighted by Gasteiger charge is -2.14. The van der Waals surface area contributed by atoms with Crippen molar-refractivity contribution >= 4 is 11.8 Å². The topological polar surface area (TPSA) is 93.1 Å². The second-order valence-corrected chi connectivity index (χ2v) is 6.74. The fraction of sp³-hybridized carbons (Fsp3) is 0.182. The molecular formula is C22H21FN4O3. The van der Waals surface area contributed by atoms with Gasteiger partial charge in [0, 0.05) is 25.0 Å². The van der Waals surface area contributed by atoms with E-state index in [1.165, 1.54) is 35.0 Å². The zero-order valence-corrected chi connectivity index (χ0v) is 16.3. The molecule has 0 saturated carbocycles. The highest BCUT2D eigenvalue weighted by molar-refractivity contribution is 5.93. The summed E-state index contributed by atoms with van der Waals surface area (Å²) in [6.45, 7) is 1.78. The van der Waals surface area contributed by atoms with Crippen LogP contribution in [-0.4, -0.2) is 21.4 Å². The van der Waals surface area contributed by atoms with E-state index in [0.29, 0.717) is 5.69 Å². The van der Waals surface area contributed by atoms with Gasteiger partial charge in [0.05, 0.1) is 17.3 Å². The predicted molar refractivity (Wildman–Crippen MR) is 109 cm³/mol. The molecule has 1 atom stereocenters. The van der Waals surface area contributed by atoms with Gasteiger partial charge in [-0.05, 0) is 42.8 Å². The van der Waals surface area contributed by atoms with E-state index in [4.69, 9.17) is 0 Å². The van der Waals surface area contributed by atoms with Crippen LogP contribution in [0.15, 0.2) is 71.8 Å².